The van der Waals surface area contributed by atoms with E-state index < -0.39 is 0 Å². The maximum atomic E-state index is 9.76. The number of aliphatic hydroxyl groups is 2. The molecule has 1 aromatic carbocycles. The van der Waals surface area contributed by atoms with Gasteiger partial charge in [0.05, 0.1) is 6.61 Å². The number of likely N-dealkylation sites (tertiary alicyclic amines) is 1. The molecule has 2 atom stereocenters. The summed E-state index contributed by atoms with van der Waals surface area (Å²) in [5.74, 6) is 0. The predicted molar refractivity (Wildman–Crippen MR) is 74.9 cm³/mol. The van der Waals surface area contributed by atoms with Crippen LogP contribution in [0.1, 0.15) is 24.4 Å². The van der Waals surface area contributed by atoms with Crippen molar-refractivity contribution >= 4 is 12.4 Å². The number of rotatable bonds is 4. The van der Waals surface area contributed by atoms with Gasteiger partial charge >= 0.3 is 0 Å². The van der Waals surface area contributed by atoms with Crippen molar-refractivity contribution in [1.82, 2.24) is 4.90 Å². The Labute approximate surface area is 115 Å². The zero-order chi connectivity index (χ0) is 12.3. The lowest BCUT2D eigenvalue weighted by atomic mass is 9.75. The summed E-state index contributed by atoms with van der Waals surface area (Å²) in [6, 6.07) is 10.5. The number of hydrogen-bond acceptors (Lipinski definition) is 3. The molecule has 1 heterocycles. The molecule has 0 spiro atoms. The first kappa shape index (κ1) is 15.4. The molecule has 0 saturated carbocycles. The van der Waals surface area contributed by atoms with Crippen molar-refractivity contribution in [3.8, 4) is 0 Å². The Balaban J connectivity index is 0.00000162. The zero-order valence-electron chi connectivity index (χ0n) is 10.7. The van der Waals surface area contributed by atoms with Gasteiger partial charge in [0, 0.05) is 18.1 Å². The molecule has 2 rings (SSSR count). The van der Waals surface area contributed by atoms with E-state index in [2.05, 4.69) is 24.1 Å². The molecule has 0 amide bonds. The summed E-state index contributed by atoms with van der Waals surface area (Å²) in [7, 11) is 2.09. The highest BCUT2D eigenvalue weighted by Gasteiger charge is 2.45. The molecule has 3 nitrogen and oxygen atoms in total. The smallest absolute Gasteiger partial charge is 0.0507 e. The van der Waals surface area contributed by atoms with Crippen molar-refractivity contribution in [3.05, 3.63) is 35.9 Å². The van der Waals surface area contributed by atoms with E-state index in [9.17, 15) is 10.2 Å². The first-order valence-electron chi connectivity index (χ1n) is 6.20. The molecule has 0 radical (unpaired) electrons. The third-order valence-corrected chi connectivity index (χ3v) is 4.02. The van der Waals surface area contributed by atoms with Crippen LogP contribution in [0, 0.1) is 5.41 Å². The number of benzene rings is 1. The van der Waals surface area contributed by atoms with Gasteiger partial charge in [-0.1, -0.05) is 30.3 Å². The number of hydrogen-bond donors (Lipinski definition) is 2. The molecule has 2 unspecified atom stereocenters. The zero-order valence-corrected chi connectivity index (χ0v) is 11.6. The fourth-order valence-corrected chi connectivity index (χ4v) is 3.10. The van der Waals surface area contributed by atoms with Crippen molar-refractivity contribution in [3.63, 3.8) is 0 Å². The maximum absolute atomic E-state index is 9.76. The van der Waals surface area contributed by atoms with E-state index in [1.54, 1.807) is 0 Å². The predicted octanol–water partition coefficient (Wildman–Crippen LogP) is 1.85. The Morgan fingerprint density at radius 1 is 1.28 bits per heavy atom. The Morgan fingerprint density at radius 3 is 2.50 bits per heavy atom. The molecule has 2 N–H and O–H groups in total. The van der Waals surface area contributed by atoms with E-state index in [1.807, 2.05) is 18.2 Å². The highest BCUT2D eigenvalue weighted by atomic mass is 35.5. The molecule has 0 bridgehead atoms. The van der Waals surface area contributed by atoms with Crippen molar-refractivity contribution in [2.75, 3.05) is 26.8 Å². The van der Waals surface area contributed by atoms with Crippen LogP contribution in [0.3, 0.4) is 0 Å². The molecule has 1 saturated heterocycles. The quantitative estimate of drug-likeness (QED) is 0.878. The summed E-state index contributed by atoms with van der Waals surface area (Å²) in [5, 5.41) is 19.0. The Hall–Kier alpha value is -0.610. The first-order valence-corrected chi connectivity index (χ1v) is 6.20. The maximum Gasteiger partial charge on any atom is 0.0507 e. The molecule has 18 heavy (non-hydrogen) atoms. The minimum Gasteiger partial charge on any atom is -0.396 e. The first-order chi connectivity index (χ1) is 8.23. The SMILES string of the molecule is CN1CCC(CO)(CCO)C1c1ccccc1.Cl. The van der Waals surface area contributed by atoms with Crippen LogP contribution in [0.2, 0.25) is 0 Å². The molecule has 1 aliphatic rings. The van der Waals surface area contributed by atoms with Crippen LogP contribution >= 0.6 is 12.4 Å². The van der Waals surface area contributed by atoms with Gasteiger partial charge in [-0.25, -0.2) is 0 Å². The normalized spacial score (nSPS) is 28.1. The average molecular weight is 272 g/mol. The fourth-order valence-electron chi connectivity index (χ4n) is 3.10. The largest absolute Gasteiger partial charge is 0.396 e. The summed E-state index contributed by atoms with van der Waals surface area (Å²) >= 11 is 0. The lowest BCUT2D eigenvalue weighted by Crippen LogP contribution is -2.34. The lowest BCUT2D eigenvalue weighted by molar-refractivity contribution is 0.0562. The van der Waals surface area contributed by atoms with E-state index in [0.29, 0.717) is 6.42 Å². The third kappa shape index (κ3) is 2.69. The molecule has 102 valence electrons. The van der Waals surface area contributed by atoms with Gasteiger partial charge in [-0.2, -0.15) is 0 Å². The molecular formula is C14H22ClNO2. The van der Waals surface area contributed by atoms with E-state index >= 15 is 0 Å². The lowest BCUT2D eigenvalue weighted by Gasteiger charge is -2.35. The van der Waals surface area contributed by atoms with Crippen molar-refractivity contribution in [1.29, 1.82) is 0 Å². The van der Waals surface area contributed by atoms with Gasteiger partial charge in [0.25, 0.3) is 0 Å². The summed E-state index contributed by atoms with van der Waals surface area (Å²) in [6.45, 7) is 1.25. The Kier molecular flexibility index (Phi) is 5.60. The van der Waals surface area contributed by atoms with Gasteiger partial charge in [0.2, 0.25) is 0 Å². The number of nitrogens with zero attached hydrogens (tertiary/aromatic N) is 1. The van der Waals surface area contributed by atoms with Crippen LogP contribution in [-0.4, -0.2) is 41.9 Å². The second-order valence-corrected chi connectivity index (χ2v) is 5.04. The molecule has 0 aromatic heterocycles. The Morgan fingerprint density at radius 2 is 1.94 bits per heavy atom. The van der Waals surface area contributed by atoms with Crippen LogP contribution < -0.4 is 0 Å². The highest BCUT2D eigenvalue weighted by Crippen LogP contribution is 2.48. The van der Waals surface area contributed by atoms with Gasteiger partial charge in [0.15, 0.2) is 0 Å². The molecule has 1 aliphatic heterocycles. The highest BCUT2D eigenvalue weighted by molar-refractivity contribution is 5.85. The number of aliphatic hydroxyl groups excluding tert-OH is 2. The molecule has 1 aromatic rings. The minimum atomic E-state index is -0.190. The topological polar surface area (TPSA) is 43.7 Å². The van der Waals surface area contributed by atoms with Crippen LogP contribution in [0.25, 0.3) is 0 Å². The van der Waals surface area contributed by atoms with Crippen molar-refractivity contribution in [2.45, 2.75) is 18.9 Å². The van der Waals surface area contributed by atoms with Crippen LogP contribution in [0.5, 0.6) is 0 Å². The van der Waals surface area contributed by atoms with Crippen LogP contribution in [0.4, 0.5) is 0 Å². The second kappa shape index (κ2) is 6.53. The Bertz CT molecular complexity index is 356. The van der Waals surface area contributed by atoms with Gasteiger partial charge < -0.3 is 10.2 Å². The van der Waals surface area contributed by atoms with E-state index in [-0.39, 0.29) is 37.1 Å². The standard InChI is InChI=1S/C14H21NO2.ClH/c1-15-9-7-14(11-17,8-10-16)13(15)12-5-3-2-4-6-12;/h2-6,13,16-17H,7-11H2,1H3;1H. The molecule has 4 heteroatoms. The summed E-state index contributed by atoms with van der Waals surface area (Å²) < 4.78 is 0. The molecule has 0 aliphatic carbocycles. The summed E-state index contributed by atoms with van der Waals surface area (Å²) in [4.78, 5) is 2.28. The van der Waals surface area contributed by atoms with Gasteiger partial charge in [-0.15, -0.1) is 12.4 Å². The summed E-state index contributed by atoms with van der Waals surface area (Å²) in [6.07, 6.45) is 1.60. The van der Waals surface area contributed by atoms with Gasteiger partial charge in [-0.3, -0.25) is 4.90 Å². The van der Waals surface area contributed by atoms with Crippen molar-refractivity contribution < 1.29 is 10.2 Å². The molecule has 1 fully saturated rings. The van der Waals surface area contributed by atoms with Crippen LogP contribution in [0.15, 0.2) is 30.3 Å². The van der Waals surface area contributed by atoms with E-state index in [0.717, 1.165) is 13.0 Å². The fraction of sp³-hybridized carbons (Fsp3) is 0.571. The van der Waals surface area contributed by atoms with Crippen LogP contribution in [-0.2, 0) is 0 Å². The van der Waals surface area contributed by atoms with Gasteiger partial charge in [-0.05, 0) is 32.0 Å². The third-order valence-electron chi connectivity index (χ3n) is 4.02. The summed E-state index contributed by atoms with van der Waals surface area (Å²) in [5.41, 5.74) is 1.04. The van der Waals surface area contributed by atoms with Gasteiger partial charge in [0.1, 0.15) is 0 Å². The van der Waals surface area contributed by atoms with E-state index in [4.69, 9.17) is 0 Å². The number of halogens is 1. The van der Waals surface area contributed by atoms with Crippen molar-refractivity contribution in [2.24, 2.45) is 5.41 Å². The average Bonchev–Trinajstić information content (AvgIpc) is 2.69. The minimum absolute atomic E-state index is 0. The molecular weight excluding hydrogens is 250 g/mol. The second-order valence-electron chi connectivity index (χ2n) is 5.04. The van der Waals surface area contributed by atoms with E-state index in [1.165, 1.54) is 5.56 Å². The monoisotopic (exact) mass is 271 g/mol.